The van der Waals surface area contributed by atoms with Crippen LogP contribution >= 0.6 is 0 Å². The molecule has 0 saturated heterocycles. The van der Waals surface area contributed by atoms with Crippen molar-refractivity contribution in [2.24, 2.45) is 5.92 Å². The highest BCUT2D eigenvalue weighted by Crippen LogP contribution is 2.31. The average molecular weight is 445 g/mol. The number of hydrogen-bond donors (Lipinski definition) is 3. The smallest absolute Gasteiger partial charge is 0.217 e. The van der Waals surface area contributed by atoms with E-state index in [0.29, 0.717) is 11.5 Å². The Labute approximate surface area is 189 Å². The van der Waals surface area contributed by atoms with E-state index in [9.17, 15) is 18.7 Å². The standard InChI is InChI=1S/C26H34F2N2O2/c1-16(2)9-18-7-8-20-5-4-6-24(23(20)12-18)29-15-26(32)25(30-17(3)31)13-19-10-21(27)14-22(28)11-19/h7-8,10-12,14,16,24-26,29,32H,4-6,9,13,15H2,1-3H3,(H,30,31)/t24?,25-,26+/m0/s1. The minimum absolute atomic E-state index is 0.130. The first-order valence-electron chi connectivity index (χ1n) is 11.5. The van der Waals surface area contributed by atoms with Gasteiger partial charge in [0.2, 0.25) is 5.91 Å². The van der Waals surface area contributed by atoms with Crippen molar-refractivity contribution >= 4 is 5.91 Å². The molecule has 0 heterocycles. The Balaban J connectivity index is 1.69. The minimum Gasteiger partial charge on any atom is -0.390 e. The lowest BCUT2D eigenvalue weighted by molar-refractivity contribution is -0.120. The molecule has 4 nitrogen and oxygen atoms in total. The van der Waals surface area contributed by atoms with Crippen molar-refractivity contribution in [1.29, 1.82) is 0 Å². The number of aryl methyl sites for hydroxylation is 1. The maximum absolute atomic E-state index is 13.6. The van der Waals surface area contributed by atoms with Crippen molar-refractivity contribution in [2.45, 2.75) is 71.1 Å². The first-order chi connectivity index (χ1) is 15.2. The van der Waals surface area contributed by atoms with Crippen LogP contribution in [0.1, 0.15) is 61.9 Å². The number of carbonyl (C=O) groups excluding carboxylic acids is 1. The van der Waals surface area contributed by atoms with Gasteiger partial charge in [-0.3, -0.25) is 4.79 Å². The monoisotopic (exact) mass is 444 g/mol. The zero-order valence-electron chi connectivity index (χ0n) is 19.1. The summed E-state index contributed by atoms with van der Waals surface area (Å²) in [4.78, 5) is 11.7. The van der Waals surface area contributed by atoms with Crippen molar-refractivity contribution in [2.75, 3.05) is 6.54 Å². The summed E-state index contributed by atoms with van der Waals surface area (Å²) in [6, 6.07) is 9.44. The predicted octanol–water partition coefficient (Wildman–Crippen LogP) is 4.24. The maximum Gasteiger partial charge on any atom is 0.217 e. The summed E-state index contributed by atoms with van der Waals surface area (Å²) in [6.45, 7) is 6.05. The van der Waals surface area contributed by atoms with E-state index in [0.717, 1.165) is 31.7 Å². The number of aliphatic hydroxyl groups is 1. The van der Waals surface area contributed by atoms with Crippen LogP contribution < -0.4 is 10.6 Å². The van der Waals surface area contributed by atoms with E-state index in [1.165, 1.54) is 35.7 Å². The van der Waals surface area contributed by atoms with E-state index in [-0.39, 0.29) is 24.9 Å². The fraction of sp³-hybridized carbons (Fsp3) is 0.500. The second kappa shape index (κ2) is 11.0. The maximum atomic E-state index is 13.6. The molecular weight excluding hydrogens is 410 g/mol. The SMILES string of the molecule is CC(=O)N[C@@H](Cc1cc(F)cc(F)c1)[C@H](O)CNC1CCCc2ccc(CC(C)C)cc21. The molecule has 2 aromatic carbocycles. The third-order valence-electron chi connectivity index (χ3n) is 5.97. The third-order valence-corrected chi connectivity index (χ3v) is 5.97. The van der Waals surface area contributed by atoms with Crippen LogP contribution in [-0.2, 0) is 24.1 Å². The number of amides is 1. The number of fused-ring (bicyclic) bond motifs is 1. The van der Waals surface area contributed by atoms with E-state index in [4.69, 9.17) is 0 Å². The van der Waals surface area contributed by atoms with Gasteiger partial charge < -0.3 is 15.7 Å². The fourth-order valence-electron chi connectivity index (χ4n) is 4.59. The summed E-state index contributed by atoms with van der Waals surface area (Å²) in [5.74, 6) is -1.07. The average Bonchev–Trinajstić information content (AvgIpc) is 2.70. The molecule has 3 N–H and O–H groups in total. The number of rotatable bonds is 9. The van der Waals surface area contributed by atoms with Gasteiger partial charge in [0.15, 0.2) is 0 Å². The van der Waals surface area contributed by atoms with Crippen LogP contribution in [0.15, 0.2) is 36.4 Å². The summed E-state index contributed by atoms with van der Waals surface area (Å²) in [5, 5.41) is 17.0. The Morgan fingerprint density at radius 2 is 1.81 bits per heavy atom. The van der Waals surface area contributed by atoms with E-state index in [2.05, 4.69) is 42.7 Å². The van der Waals surface area contributed by atoms with Crippen molar-refractivity contribution in [3.8, 4) is 0 Å². The first kappa shape index (κ1) is 24.3. The number of hydrogen-bond acceptors (Lipinski definition) is 3. The molecule has 1 aliphatic carbocycles. The van der Waals surface area contributed by atoms with Gasteiger partial charge in [-0.1, -0.05) is 32.0 Å². The molecule has 32 heavy (non-hydrogen) atoms. The largest absolute Gasteiger partial charge is 0.390 e. The topological polar surface area (TPSA) is 61.4 Å². The molecule has 3 rings (SSSR count). The van der Waals surface area contributed by atoms with Crippen LogP contribution in [0, 0.1) is 17.6 Å². The van der Waals surface area contributed by atoms with Crippen LogP contribution in [0.4, 0.5) is 8.78 Å². The number of nitrogens with one attached hydrogen (secondary N) is 2. The summed E-state index contributed by atoms with van der Waals surface area (Å²) in [5.41, 5.74) is 4.33. The predicted molar refractivity (Wildman–Crippen MR) is 122 cm³/mol. The van der Waals surface area contributed by atoms with Gasteiger partial charge in [0, 0.05) is 25.6 Å². The Kier molecular flexibility index (Phi) is 8.38. The Hall–Kier alpha value is -2.31. The summed E-state index contributed by atoms with van der Waals surface area (Å²) >= 11 is 0. The van der Waals surface area contributed by atoms with Gasteiger partial charge in [-0.25, -0.2) is 8.78 Å². The quantitative estimate of drug-likeness (QED) is 0.542. The minimum atomic E-state index is -0.908. The lowest BCUT2D eigenvalue weighted by atomic mass is 9.85. The molecule has 0 bridgehead atoms. The van der Waals surface area contributed by atoms with Crippen molar-refractivity contribution in [1.82, 2.24) is 10.6 Å². The summed E-state index contributed by atoms with van der Waals surface area (Å²) in [7, 11) is 0. The second-order valence-electron chi connectivity index (χ2n) is 9.34. The Bertz CT molecular complexity index is 912. The lowest BCUT2D eigenvalue weighted by Gasteiger charge is -2.30. The molecule has 1 amide bonds. The van der Waals surface area contributed by atoms with Crippen molar-refractivity contribution in [3.63, 3.8) is 0 Å². The van der Waals surface area contributed by atoms with Crippen LogP contribution in [0.2, 0.25) is 0 Å². The molecule has 1 unspecified atom stereocenters. The van der Waals surface area contributed by atoms with Crippen molar-refractivity contribution < 1.29 is 18.7 Å². The molecule has 0 spiro atoms. The van der Waals surface area contributed by atoms with Crippen LogP contribution in [0.25, 0.3) is 0 Å². The molecule has 2 aromatic rings. The van der Waals surface area contributed by atoms with Crippen LogP contribution in [0.3, 0.4) is 0 Å². The normalized spacial score (nSPS) is 17.7. The summed E-state index contributed by atoms with van der Waals surface area (Å²) in [6.07, 6.45) is 3.35. The van der Waals surface area contributed by atoms with E-state index in [1.807, 2.05) is 0 Å². The number of benzene rings is 2. The molecule has 0 fully saturated rings. The van der Waals surface area contributed by atoms with Gasteiger partial charge in [-0.05, 0) is 72.4 Å². The van der Waals surface area contributed by atoms with Gasteiger partial charge in [-0.15, -0.1) is 0 Å². The van der Waals surface area contributed by atoms with Crippen LogP contribution in [0.5, 0.6) is 0 Å². The number of carbonyl (C=O) groups is 1. The van der Waals surface area contributed by atoms with Gasteiger partial charge in [0.05, 0.1) is 12.1 Å². The van der Waals surface area contributed by atoms with E-state index >= 15 is 0 Å². The van der Waals surface area contributed by atoms with Gasteiger partial charge in [-0.2, -0.15) is 0 Å². The molecule has 3 atom stereocenters. The number of aliphatic hydroxyl groups excluding tert-OH is 1. The summed E-state index contributed by atoms with van der Waals surface area (Å²) < 4.78 is 27.2. The zero-order chi connectivity index (χ0) is 23.3. The lowest BCUT2D eigenvalue weighted by Crippen LogP contribution is -2.48. The number of halogens is 2. The molecule has 0 aromatic heterocycles. The van der Waals surface area contributed by atoms with E-state index < -0.39 is 23.8 Å². The van der Waals surface area contributed by atoms with Gasteiger partial charge >= 0.3 is 0 Å². The highest BCUT2D eigenvalue weighted by Gasteiger charge is 2.25. The molecule has 0 saturated carbocycles. The van der Waals surface area contributed by atoms with Gasteiger partial charge in [0.25, 0.3) is 0 Å². The fourth-order valence-corrected chi connectivity index (χ4v) is 4.59. The van der Waals surface area contributed by atoms with Crippen LogP contribution in [-0.4, -0.2) is 29.7 Å². The second-order valence-corrected chi connectivity index (χ2v) is 9.34. The Morgan fingerprint density at radius 1 is 1.09 bits per heavy atom. The molecule has 0 radical (unpaired) electrons. The van der Waals surface area contributed by atoms with Crippen molar-refractivity contribution in [3.05, 3.63) is 70.3 Å². The highest BCUT2D eigenvalue weighted by molar-refractivity contribution is 5.73. The van der Waals surface area contributed by atoms with E-state index in [1.54, 1.807) is 0 Å². The molecule has 1 aliphatic rings. The molecule has 174 valence electrons. The molecule has 6 heteroatoms. The third kappa shape index (κ3) is 6.84. The molecular formula is C26H34F2N2O2. The highest BCUT2D eigenvalue weighted by atomic mass is 19.1. The Morgan fingerprint density at radius 3 is 2.47 bits per heavy atom. The molecule has 0 aliphatic heterocycles. The first-order valence-corrected chi connectivity index (χ1v) is 11.5. The van der Waals surface area contributed by atoms with Gasteiger partial charge in [0.1, 0.15) is 11.6 Å². The zero-order valence-corrected chi connectivity index (χ0v) is 19.1.